The van der Waals surface area contributed by atoms with E-state index in [1.165, 1.54) is 29.3 Å². The van der Waals surface area contributed by atoms with Crippen LogP contribution in [0.3, 0.4) is 0 Å². The van der Waals surface area contributed by atoms with E-state index in [0.29, 0.717) is 44.5 Å². The van der Waals surface area contributed by atoms with Crippen molar-refractivity contribution in [2.75, 3.05) is 25.0 Å². The van der Waals surface area contributed by atoms with Gasteiger partial charge in [0.2, 0.25) is 11.8 Å². The zero-order chi connectivity index (χ0) is 29.6. The van der Waals surface area contributed by atoms with Crippen molar-refractivity contribution >= 4 is 35.1 Å². The summed E-state index contributed by atoms with van der Waals surface area (Å²) in [6.07, 6.45) is 1.79. The molecule has 0 aromatic heterocycles. The highest BCUT2D eigenvalue weighted by molar-refractivity contribution is 5.99. The fraction of sp³-hybridized carbons (Fsp3) is 0.407. The standard InChI is InChI=1S/C27H35N9O5/c28-26(29)31-14-4-7-21(23(37)32-19-8-10-20(11-9-19)36(40)41)33-24(38)22-12-15-34-16-13-27(30,25(39)35(22)34)17-18-5-2-1-3-6-18/h1-3,5-6,8-11,21-22H,4,7,12-17,30H2,(H,32,37)(H,33,38)(H4,28,29,31). The van der Waals surface area contributed by atoms with E-state index in [0.717, 1.165) is 5.56 Å². The number of aliphatic imine (C=N–C) groups is 1. The molecule has 8 N–H and O–H groups in total. The molecule has 3 unspecified atom stereocenters. The number of anilines is 1. The van der Waals surface area contributed by atoms with Gasteiger partial charge < -0.3 is 27.8 Å². The van der Waals surface area contributed by atoms with Gasteiger partial charge in [0.15, 0.2) is 5.96 Å². The number of benzene rings is 2. The average Bonchev–Trinajstić information content (AvgIpc) is 3.38. The van der Waals surface area contributed by atoms with E-state index in [-0.39, 0.29) is 30.5 Å². The number of fused-ring (bicyclic) bond motifs is 1. The zero-order valence-electron chi connectivity index (χ0n) is 22.6. The second-order valence-electron chi connectivity index (χ2n) is 10.3. The van der Waals surface area contributed by atoms with Crippen LogP contribution >= 0.6 is 0 Å². The third-order valence-corrected chi connectivity index (χ3v) is 7.30. The van der Waals surface area contributed by atoms with Crippen LogP contribution in [0.4, 0.5) is 11.4 Å². The van der Waals surface area contributed by atoms with Crippen molar-refractivity contribution in [2.24, 2.45) is 22.2 Å². The van der Waals surface area contributed by atoms with Crippen molar-refractivity contribution < 1.29 is 19.3 Å². The number of nitrogens with zero attached hydrogens (tertiary/aromatic N) is 4. The Kier molecular flexibility index (Phi) is 9.14. The first-order valence-corrected chi connectivity index (χ1v) is 13.4. The molecule has 2 heterocycles. The Hall–Kier alpha value is -4.56. The van der Waals surface area contributed by atoms with Gasteiger partial charge in [0.25, 0.3) is 11.6 Å². The minimum absolute atomic E-state index is 0.0867. The molecule has 2 aromatic rings. The second-order valence-corrected chi connectivity index (χ2v) is 10.3. The molecule has 3 atom stereocenters. The van der Waals surface area contributed by atoms with E-state index in [1.54, 1.807) is 0 Å². The highest BCUT2D eigenvalue weighted by Gasteiger charge is 2.51. The SMILES string of the molecule is NC(N)=NCCCC(NC(=O)C1CCN2CCC(N)(Cc3ccccc3)C(=O)N12)C(=O)Nc1ccc([N+](=O)[O-])cc1. The first kappa shape index (κ1) is 29.4. The predicted octanol–water partition coefficient (Wildman–Crippen LogP) is 0.234. The molecule has 2 aromatic carbocycles. The van der Waals surface area contributed by atoms with E-state index < -0.39 is 34.4 Å². The summed E-state index contributed by atoms with van der Waals surface area (Å²) < 4.78 is 0. The maximum atomic E-state index is 13.7. The lowest BCUT2D eigenvalue weighted by atomic mass is 9.86. The number of rotatable bonds is 11. The van der Waals surface area contributed by atoms with Gasteiger partial charge in [-0.3, -0.25) is 34.5 Å². The van der Waals surface area contributed by atoms with Crippen LogP contribution in [0.25, 0.3) is 0 Å². The molecule has 2 aliphatic rings. The maximum absolute atomic E-state index is 13.7. The number of guanidine groups is 1. The average molecular weight is 566 g/mol. The summed E-state index contributed by atoms with van der Waals surface area (Å²) in [5.74, 6) is -1.41. The Morgan fingerprint density at radius 1 is 1.12 bits per heavy atom. The first-order chi connectivity index (χ1) is 19.6. The van der Waals surface area contributed by atoms with Gasteiger partial charge in [-0.05, 0) is 49.8 Å². The summed E-state index contributed by atoms with van der Waals surface area (Å²) >= 11 is 0. The molecule has 0 spiro atoms. The molecular formula is C27H35N9O5. The number of nitrogens with two attached hydrogens (primary N) is 3. The van der Waals surface area contributed by atoms with Gasteiger partial charge in [0.05, 0.1) is 4.92 Å². The molecule has 0 saturated carbocycles. The molecule has 0 aliphatic carbocycles. The molecule has 0 bridgehead atoms. The fourth-order valence-electron chi connectivity index (χ4n) is 5.15. The van der Waals surface area contributed by atoms with E-state index in [2.05, 4.69) is 15.6 Å². The summed E-state index contributed by atoms with van der Waals surface area (Å²) in [5.41, 5.74) is 17.4. The number of carbonyl (C=O) groups excluding carboxylic acids is 3. The quantitative estimate of drug-likeness (QED) is 0.0827. The Morgan fingerprint density at radius 3 is 2.49 bits per heavy atom. The van der Waals surface area contributed by atoms with Crippen molar-refractivity contribution in [1.82, 2.24) is 15.3 Å². The fourth-order valence-corrected chi connectivity index (χ4v) is 5.15. The molecule has 2 saturated heterocycles. The number of hydrogen-bond acceptors (Lipinski definition) is 8. The van der Waals surface area contributed by atoms with Crippen LogP contribution < -0.4 is 27.8 Å². The van der Waals surface area contributed by atoms with E-state index in [9.17, 15) is 24.5 Å². The third-order valence-electron chi connectivity index (χ3n) is 7.30. The highest BCUT2D eigenvalue weighted by Crippen LogP contribution is 2.31. The number of nitrogens with one attached hydrogen (secondary N) is 2. The topological polar surface area (TPSA) is 215 Å². The number of non-ortho nitro benzene ring substituents is 1. The molecule has 14 nitrogen and oxygen atoms in total. The normalized spacial score (nSPS) is 21.0. The lowest BCUT2D eigenvalue weighted by Crippen LogP contribution is -2.67. The van der Waals surface area contributed by atoms with Crippen molar-refractivity contribution in [1.29, 1.82) is 0 Å². The Morgan fingerprint density at radius 2 is 1.83 bits per heavy atom. The molecule has 3 amide bonds. The zero-order valence-corrected chi connectivity index (χ0v) is 22.6. The number of nitro benzene ring substituents is 1. The molecule has 2 fully saturated rings. The Labute approximate surface area is 237 Å². The van der Waals surface area contributed by atoms with Gasteiger partial charge in [-0.15, -0.1) is 0 Å². The minimum Gasteiger partial charge on any atom is -0.370 e. The summed E-state index contributed by atoms with van der Waals surface area (Å²) in [6.45, 7) is 1.29. The van der Waals surface area contributed by atoms with Gasteiger partial charge in [-0.2, -0.15) is 0 Å². The summed E-state index contributed by atoms with van der Waals surface area (Å²) in [7, 11) is 0. The van der Waals surface area contributed by atoms with Crippen LogP contribution in [0.2, 0.25) is 0 Å². The largest absolute Gasteiger partial charge is 0.370 e. The Balaban J connectivity index is 1.47. The van der Waals surface area contributed by atoms with E-state index in [4.69, 9.17) is 17.2 Å². The van der Waals surface area contributed by atoms with E-state index >= 15 is 0 Å². The summed E-state index contributed by atoms with van der Waals surface area (Å²) in [5, 5.41) is 19.7. The monoisotopic (exact) mass is 565 g/mol. The Bertz CT molecular complexity index is 1300. The molecular weight excluding hydrogens is 530 g/mol. The van der Waals surface area contributed by atoms with Crippen molar-refractivity contribution in [2.45, 2.75) is 49.7 Å². The number of amides is 3. The highest BCUT2D eigenvalue weighted by atomic mass is 16.6. The molecule has 2 aliphatic heterocycles. The van der Waals surface area contributed by atoms with Gasteiger partial charge >= 0.3 is 0 Å². The van der Waals surface area contributed by atoms with E-state index in [1.807, 2.05) is 35.3 Å². The maximum Gasteiger partial charge on any atom is 0.269 e. The number of hydrogen-bond donors (Lipinski definition) is 5. The van der Waals surface area contributed by atoms with Gasteiger partial charge in [0, 0.05) is 37.5 Å². The van der Waals surface area contributed by atoms with Crippen LogP contribution in [-0.4, -0.2) is 75.9 Å². The molecule has 41 heavy (non-hydrogen) atoms. The van der Waals surface area contributed by atoms with Gasteiger partial charge in [-0.25, -0.2) is 5.01 Å². The van der Waals surface area contributed by atoms with Crippen LogP contribution in [0.1, 0.15) is 31.2 Å². The lowest BCUT2D eigenvalue weighted by molar-refractivity contribution is -0.384. The molecule has 14 heteroatoms. The molecule has 4 rings (SSSR count). The predicted molar refractivity (Wildman–Crippen MR) is 152 cm³/mol. The smallest absolute Gasteiger partial charge is 0.269 e. The number of hydrazine groups is 1. The van der Waals surface area contributed by atoms with Crippen LogP contribution in [-0.2, 0) is 20.8 Å². The molecule has 0 radical (unpaired) electrons. The first-order valence-electron chi connectivity index (χ1n) is 13.4. The lowest BCUT2D eigenvalue weighted by Gasteiger charge is -2.44. The van der Waals surface area contributed by atoms with Gasteiger partial charge in [0.1, 0.15) is 17.6 Å². The van der Waals surface area contributed by atoms with Crippen LogP contribution in [0.15, 0.2) is 59.6 Å². The molecule has 218 valence electrons. The summed E-state index contributed by atoms with van der Waals surface area (Å²) in [4.78, 5) is 54.8. The van der Waals surface area contributed by atoms with Crippen molar-refractivity contribution in [3.8, 4) is 0 Å². The van der Waals surface area contributed by atoms with Crippen LogP contribution in [0, 0.1) is 10.1 Å². The minimum atomic E-state index is -1.16. The van der Waals surface area contributed by atoms with Crippen molar-refractivity contribution in [3.63, 3.8) is 0 Å². The van der Waals surface area contributed by atoms with Crippen molar-refractivity contribution in [3.05, 3.63) is 70.3 Å². The number of nitro groups is 1. The van der Waals surface area contributed by atoms with Gasteiger partial charge in [-0.1, -0.05) is 30.3 Å². The summed E-state index contributed by atoms with van der Waals surface area (Å²) in [6, 6.07) is 13.0. The van der Waals surface area contributed by atoms with Crippen LogP contribution in [0.5, 0.6) is 0 Å². The third kappa shape index (κ3) is 7.15. The number of carbonyl (C=O) groups is 3. The second kappa shape index (κ2) is 12.7.